The maximum atomic E-state index is 5.86. The van der Waals surface area contributed by atoms with E-state index < -0.39 is 0 Å². The van der Waals surface area contributed by atoms with Crippen molar-refractivity contribution < 1.29 is 4.74 Å². The summed E-state index contributed by atoms with van der Waals surface area (Å²) in [6, 6.07) is 9.42. The summed E-state index contributed by atoms with van der Waals surface area (Å²) >= 11 is 3.56. The number of ether oxygens (including phenoxy) is 1. The van der Waals surface area contributed by atoms with Crippen molar-refractivity contribution in [3.05, 3.63) is 34.3 Å². The molecule has 0 amide bonds. The van der Waals surface area contributed by atoms with Gasteiger partial charge in [-0.3, -0.25) is 9.80 Å². The summed E-state index contributed by atoms with van der Waals surface area (Å²) < 4.78 is 7.04. The van der Waals surface area contributed by atoms with Gasteiger partial charge in [-0.25, -0.2) is 0 Å². The lowest BCUT2D eigenvalue weighted by molar-refractivity contribution is -0.0865. The second-order valence-corrected chi connectivity index (χ2v) is 7.76. The maximum Gasteiger partial charge on any atom is 0.0678 e. The lowest BCUT2D eigenvalue weighted by Gasteiger charge is -2.43. The van der Waals surface area contributed by atoms with Gasteiger partial charge < -0.3 is 4.74 Å². The van der Waals surface area contributed by atoms with Gasteiger partial charge in [0.25, 0.3) is 0 Å². The summed E-state index contributed by atoms with van der Waals surface area (Å²) in [4.78, 5) is 5.25. The Hall–Kier alpha value is -0.420. The molecule has 3 rings (SSSR count). The van der Waals surface area contributed by atoms with Gasteiger partial charge in [0.1, 0.15) is 0 Å². The first kappa shape index (κ1) is 16.4. The highest BCUT2D eigenvalue weighted by atomic mass is 79.9. The van der Waals surface area contributed by atoms with Crippen LogP contribution in [-0.2, 0) is 11.3 Å². The third kappa shape index (κ3) is 4.31. The van der Waals surface area contributed by atoms with E-state index in [-0.39, 0.29) is 0 Å². The van der Waals surface area contributed by atoms with Crippen molar-refractivity contribution in [2.24, 2.45) is 0 Å². The van der Waals surface area contributed by atoms with Gasteiger partial charge in [-0.1, -0.05) is 28.1 Å². The molecule has 2 unspecified atom stereocenters. The third-order valence-corrected chi connectivity index (χ3v) is 5.31. The van der Waals surface area contributed by atoms with E-state index in [1.807, 2.05) is 0 Å². The molecule has 1 aromatic rings. The van der Waals surface area contributed by atoms with E-state index in [0.29, 0.717) is 12.2 Å². The summed E-state index contributed by atoms with van der Waals surface area (Å²) in [5.74, 6) is 0. The number of nitrogens with zero attached hydrogens (tertiary/aromatic N) is 2. The van der Waals surface area contributed by atoms with Gasteiger partial charge in [-0.15, -0.1) is 0 Å². The van der Waals surface area contributed by atoms with Crippen molar-refractivity contribution >= 4 is 15.9 Å². The molecule has 4 heteroatoms. The topological polar surface area (TPSA) is 15.7 Å². The van der Waals surface area contributed by atoms with E-state index >= 15 is 0 Å². The predicted molar refractivity (Wildman–Crippen MR) is 94.0 cm³/mol. The molecule has 2 fully saturated rings. The zero-order valence-corrected chi connectivity index (χ0v) is 15.3. The van der Waals surface area contributed by atoms with E-state index in [1.54, 1.807) is 0 Å². The summed E-state index contributed by atoms with van der Waals surface area (Å²) in [5.41, 5.74) is 1.40. The molecule has 2 saturated heterocycles. The van der Waals surface area contributed by atoms with Crippen LogP contribution in [0.1, 0.15) is 32.3 Å². The predicted octanol–water partition coefficient (Wildman–Crippen LogP) is 3.52. The van der Waals surface area contributed by atoms with Gasteiger partial charge in [0.05, 0.1) is 12.2 Å². The first-order chi connectivity index (χ1) is 10.6. The van der Waals surface area contributed by atoms with Crippen LogP contribution >= 0.6 is 15.9 Å². The van der Waals surface area contributed by atoms with E-state index in [4.69, 9.17) is 4.74 Å². The molecule has 0 N–H and O–H groups in total. The number of rotatable bonds is 3. The Balaban J connectivity index is 1.50. The quantitative estimate of drug-likeness (QED) is 0.813. The fraction of sp³-hybridized carbons (Fsp3) is 0.667. The molecule has 22 heavy (non-hydrogen) atoms. The second kappa shape index (κ2) is 7.43. The molecule has 2 atom stereocenters. The van der Waals surface area contributed by atoms with E-state index in [2.05, 4.69) is 63.8 Å². The van der Waals surface area contributed by atoms with Crippen LogP contribution in [-0.4, -0.2) is 54.2 Å². The largest absolute Gasteiger partial charge is 0.373 e. The summed E-state index contributed by atoms with van der Waals surface area (Å²) in [6.07, 6.45) is 3.33. The van der Waals surface area contributed by atoms with Crippen molar-refractivity contribution in [1.82, 2.24) is 9.80 Å². The van der Waals surface area contributed by atoms with Gasteiger partial charge in [0.2, 0.25) is 0 Å². The van der Waals surface area contributed by atoms with Crippen LogP contribution in [0.25, 0.3) is 0 Å². The number of likely N-dealkylation sites (tertiary alicyclic amines) is 1. The Kier molecular flexibility index (Phi) is 5.55. The molecule has 0 bridgehead atoms. The number of halogens is 1. The normalized spacial score (nSPS) is 28.9. The maximum absolute atomic E-state index is 5.86. The molecule has 0 aromatic heterocycles. The van der Waals surface area contributed by atoms with Gasteiger partial charge in [-0.2, -0.15) is 0 Å². The average Bonchev–Trinajstić information content (AvgIpc) is 2.47. The van der Waals surface area contributed by atoms with Crippen LogP contribution in [0.2, 0.25) is 0 Å². The third-order valence-electron chi connectivity index (χ3n) is 4.82. The van der Waals surface area contributed by atoms with Gasteiger partial charge in [-0.05, 0) is 57.5 Å². The highest BCUT2D eigenvalue weighted by molar-refractivity contribution is 9.10. The molecule has 0 aliphatic carbocycles. The summed E-state index contributed by atoms with van der Waals surface area (Å²) in [5, 5.41) is 0. The smallest absolute Gasteiger partial charge is 0.0678 e. The Morgan fingerprint density at radius 2 is 1.82 bits per heavy atom. The molecular formula is C18H27BrN2O. The van der Waals surface area contributed by atoms with Gasteiger partial charge >= 0.3 is 0 Å². The fourth-order valence-electron chi connectivity index (χ4n) is 3.85. The minimum atomic E-state index is 0.378. The SMILES string of the molecule is CC1CN(C2CCN(Cc3cccc(Br)c3)CC2)CC(C)O1. The highest BCUT2D eigenvalue weighted by Gasteiger charge is 2.30. The molecule has 0 radical (unpaired) electrons. The number of morpholine rings is 1. The fourth-order valence-corrected chi connectivity index (χ4v) is 4.30. The number of piperidine rings is 1. The van der Waals surface area contributed by atoms with E-state index in [1.165, 1.54) is 36.0 Å². The van der Waals surface area contributed by atoms with Gasteiger partial charge in [0.15, 0.2) is 0 Å². The number of hydrogen-bond acceptors (Lipinski definition) is 3. The first-order valence-corrected chi connectivity index (χ1v) is 9.26. The zero-order valence-electron chi connectivity index (χ0n) is 13.7. The monoisotopic (exact) mass is 366 g/mol. The van der Waals surface area contributed by atoms with Gasteiger partial charge in [0, 0.05) is 30.1 Å². The zero-order chi connectivity index (χ0) is 15.5. The molecule has 2 heterocycles. The molecule has 0 saturated carbocycles. The molecule has 1 aromatic carbocycles. The van der Waals surface area contributed by atoms with Crippen molar-refractivity contribution in [2.45, 2.75) is 51.5 Å². The van der Waals surface area contributed by atoms with E-state index in [9.17, 15) is 0 Å². The van der Waals surface area contributed by atoms with Crippen molar-refractivity contribution in [3.8, 4) is 0 Å². The van der Waals surface area contributed by atoms with Crippen LogP contribution in [0.3, 0.4) is 0 Å². The molecule has 2 aliphatic heterocycles. The van der Waals surface area contributed by atoms with Crippen LogP contribution in [0, 0.1) is 0 Å². The molecular weight excluding hydrogens is 340 g/mol. The van der Waals surface area contributed by atoms with Crippen molar-refractivity contribution in [1.29, 1.82) is 0 Å². The highest BCUT2D eigenvalue weighted by Crippen LogP contribution is 2.23. The standard InChI is InChI=1S/C18H27BrN2O/c1-14-11-21(12-15(2)22-14)18-6-8-20(9-7-18)13-16-4-3-5-17(19)10-16/h3-5,10,14-15,18H,6-9,11-13H2,1-2H3. The molecule has 3 nitrogen and oxygen atoms in total. The number of benzene rings is 1. The van der Waals surface area contributed by atoms with Crippen molar-refractivity contribution in [3.63, 3.8) is 0 Å². The Labute approximate surface area is 142 Å². The van der Waals surface area contributed by atoms with Crippen molar-refractivity contribution in [2.75, 3.05) is 26.2 Å². The first-order valence-electron chi connectivity index (χ1n) is 8.46. The Morgan fingerprint density at radius 3 is 2.45 bits per heavy atom. The average molecular weight is 367 g/mol. The molecule has 0 spiro atoms. The second-order valence-electron chi connectivity index (χ2n) is 6.85. The molecule has 122 valence electrons. The minimum absolute atomic E-state index is 0.378. The lowest BCUT2D eigenvalue weighted by Crippen LogP contribution is -2.53. The van der Waals surface area contributed by atoms with E-state index in [0.717, 1.165) is 25.7 Å². The summed E-state index contributed by atoms with van der Waals surface area (Å²) in [6.45, 7) is 10.1. The number of hydrogen-bond donors (Lipinski definition) is 0. The summed E-state index contributed by atoms with van der Waals surface area (Å²) in [7, 11) is 0. The molecule has 2 aliphatic rings. The van der Waals surface area contributed by atoms with Crippen LogP contribution < -0.4 is 0 Å². The van der Waals surface area contributed by atoms with Crippen LogP contribution in [0.5, 0.6) is 0 Å². The minimum Gasteiger partial charge on any atom is -0.373 e. The lowest BCUT2D eigenvalue weighted by atomic mass is 10.0. The Morgan fingerprint density at radius 1 is 1.14 bits per heavy atom. The van der Waals surface area contributed by atoms with Crippen LogP contribution in [0.15, 0.2) is 28.7 Å². The Bertz CT molecular complexity index is 478. The van der Waals surface area contributed by atoms with Crippen LogP contribution in [0.4, 0.5) is 0 Å².